The molecule has 6 nitrogen and oxygen atoms in total. The maximum absolute atomic E-state index is 13.1. The fourth-order valence-corrected chi connectivity index (χ4v) is 4.09. The van der Waals surface area contributed by atoms with E-state index in [1.807, 2.05) is 30.3 Å². The highest BCUT2D eigenvalue weighted by Gasteiger charge is 2.25. The predicted molar refractivity (Wildman–Crippen MR) is 137 cm³/mol. The molecule has 0 radical (unpaired) electrons. The fraction of sp³-hybridized carbons (Fsp3) is 0.233. The van der Waals surface area contributed by atoms with Crippen molar-refractivity contribution in [3.8, 4) is 22.8 Å². The Bertz CT molecular complexity index is 1360. The topological polar surface area (TPSA) is 70.5 Å². The van der Waals surface area contributed by atoms with Crippen molar-refractivity contribution in [3.05, 3.63) is 108 Å². The first kappa shape index (κ1) is 23.5. The number of aromatic nitrogens is 2. The summed E-state index contributed by atoms with van der Waals surface area (Å²) >= 11 is 0. The lowest BCUT2D eigenvalue weighted by atomic mass is 9.86. The number of rotatable bonds is 5. The third-order valence-corrected chi connectivity index (χ3v) is 6.11. The van der Waals surface area contributed by atoms with Crippen LogP contribution in [-0.2, 0) is 10.2 Å². The number of carbonyl (C=O) groups excluding carboxylic acids is 1. The van der Waals surface area contributed by atoms with Gasteiger partial charge in [0.15, 0.2) is 17.6 Å². The lowest BCUT2D eigenvalue weighted by molar-refractivity contribution is 0.0369. The van der Waals surface area contributed by atoms with Crippen LogP contribution in [0.2, 0.25) is 0 Å². The molecule has 0 saturated carbocycles. The summed E-state index contributed by atoms with van der Waals surface area (Å²) < 4.78 is 17.5. The molecule has 1 atom stereocenters. The molecule has 36 heavy (non-hydrogen) atoms. The molecule has 6 heteroatoms. The second-order valence-corrected chi connectivity index (χ2v) is 9.71. The van der Waals surface area contributed by atoms with Crippen LogP contribution >= 0.6 is 0 Å². The molecule has 0 saturated heterocycles. The molecular formula is C30H28N2O4. The van der Waals surface area contributed by atoms with Gasteiger partial charge in [0.2, 0.25) is 0 Å². The van der Waals surface area contributed by atoms with Crippen molar-refractivity contribution in [2.45, 2.75) is 32.3 Å². The van der Waals surface area contributed by atoms with Crippen molar-refractivity contribution >= 4 is 5.97 Å². The second kappa shape index (κ2) is 9.82. The third-order valence-electron chi connectivity index (χ3n) is 6.11. The molecule has 0 bridgehead atoms. The van der Waals surface area contributed by atoms with Gasteiger partial charge in [-0.3, -0.25) is 0 Å². The largest absolute Gasteiger partial charge is 0.486 e. The smallest absolute Gasteiger partial charge is 0.339 e. The van der Waals surface area contributed by atoms with Crippen molar-refractivity contribution in [3.63, 3.8) is 0 Å². The highest BCUT2D eigenvalue weighted by Crippen LogP contribution is 2.36. The summed E-state index contributed by atoms with van der Waals surface area (Å²) in [5.74, 6) is 0.845. The Kier molecular flexibility index (Phi) is 6.42. The standard InChI is InChI=1S/C30H28N2O4/c1-30(2,3)23-12-9-20(10-13-23)24-18-25(32-19-31-24)28(36-29(33)21-7-5-4-6-8-21)22-11-14-26-27(17-22)35-16-15-34-26/h4-14,17-19,28H,15-16H2,1-3H3. The van der Waals surface area contributed by atoms with E-state index in [1.165, 1.54) is 11.9 Å². The Morgan fingerprint density at radius 3 is 2.31 bits per heavy atom. The first-order chi connectivity index (χ1) is 17.4. The average molecular weight is 481 g/mol. The summed E-state index contributed by atoms with van der Waals surface area (Å²) in [4.78, 5) is 22.0. The van der Waals surface area contributed by atoms with E-state index in [9.17, 15) is 4.79 Å². The first-order valence-electron chi connectivity index (χ1n) is 12.0. The quantitative estimate of drug-likeness (QED) is 0.319. The maximum Gasteiger partial charge on any atom is 0.339 e. The lowest BCUT2D eigenvalue weighted by Crippen LogP contribution is -2.17. The van der Waals surface area contributed by atoms with Gasteiger partial charge in [0.25, 0.3) is 0 Å². The van der Waals surface area contributed by atoms with Crippen LogP contribution in [0, 0.1) is 0 Å². The molecule has 0 amide bonds. The molecule has 0 spiro atoms. The van der Waals surface area contributed by atoms with Crippen LogP contribution in [-0.4, -0.2) is 29.2 Å². The van der Waals surface area contributed by atoms with Crippen molar-refractivity contribution in [1.82, 2.24) is 9.97 Å². The molecule has 182 valence electrons. The van der Waals surface area contributed by atoms with Crippen LogP contribution in [0.1, 0.15) is 54.1 Å². The van der Waals surface area contributed by atoms with E-state index in [0.717, 1.165) is 16.8 Å². The molecule has 5 rings (SSSR count). The van der Waals surface area contributed by atoms with Gasteiger partial charge in [-0.1, -0.05) is 69.3 Å². The van der Waals surface area contributed by atoms with Crippen molar-refractivity contribution in [2.75, 3.05) is 13.2 Å². The molecular weight excluding hydrogens is 452 g/mol. The number of hydrogen-bond acceptors (Lipinski definition) is 6. The number of fused-ring (bicyclic) bond motifs is 1. The molecule has 0 aliphatic carbocycles. The molecule has 1 unspecified atom stereocenters. The van der Waals surface area contributed by atoms with Crippen LogP contribution in [0.15, 0.2) is 85.2 Å². The van der Waals surface area contributed by atoms with Gasteiger partial charge in [-0.05, 0) is 41.3 Å². The first-order valence-corrected chi connectivity index (χ1v) is 12.0. The Morgan fingerprint density at radius 2 is 1.58 bits per heavy atom. The molecule has 4 aromatic rings. The minimum absolute atomic E-state index is 0.0599. The van der Waals surface area contributed by atoms with Crippen molar-refractivity contribution < 1.29 is 19.0 Å². The number of nitrogens with zero attached hydrogens (tertiary/aromatic N) is 2. The monoisotopic (exact) mass is 480 g/mol. The Hall–Kier alpha value is -4.19. The molecule has 2 heterocycles. The van der Waals surface area contributed by atoms with E-state index in [2.05, 4.69) is 55.0 Å². The zero-order valence-electron chi connectivity index (χ0n) is 20.6. The van der Waals surface area contributed by atoms with Crippen LogP contribution in [0.3, 0.4) is 0 Å². The summed E-state index contributed by atoms with van der Waals surface area (Å²) in [5, 5.41) is 0. The van der Waals surface area contributed by atoms with Gasteiger partial charge >= 0.3 is 5.97 Å². The van der Waals surface area contributed by atoms with Gasteiger partial charge in [-0.15, -0.1) is 0 Å². The number of carbonyl (C=O) groups is 1. The SMILES string of the molecule is CC(C)(C)c1ccc(-c2cc(C(OC(=O)c3ccccc3)c3ccc4c(c3)OCCO4)ncn2)cc1. The van der Waals surface area contributed by atoms with Crippen molar-refractivity contribution in [1.29, 1.82) is 0 Å². The van der Waals surface area contributed by atoms with Crippen LogP contribution in [0.25, 0.3) is 11.3 Å². The van der Waals surface area contributed by atoms with E-state index >= 15 is 0 Å². The van der Waals surface area contributed by atoms with Gasteiger partial charge in [0.1, 0.15) is 19.5 Å². The van der Waals surface area contributed by atoms with Crippen LogP contribution in [0.5, 0.6) is 11.5 Å². The highest BCUT2D eigenvalue weighted by atomic mass is 16.6. The molecule has 1 aromatic heterocycles. The minimum Gasteiger partial charge on any atom is -0.486 e. The van der Waals surface area contributed by atoms with Crippen LogP contribution in [0.4, 0.5) is 0 Å². The van der Waals surface area contributed by atoms with Gasteiger partial charge in [0.05, 0.1) is 17.0 Å². The number of esters is 1. The Balaban J connectivity index is 1.52. The van der Waals surface area contributed by atoms with Gasteiger partial charge < -0.3 is 14.2 Å². The van der Waals surface area contributed by atoms with E-state index in [0.29, 0.717) is 36.0 Å². The highest BCUT2D eigenvalue weighted by molar-refractivity contribution is 5.89. The lowest BCUT2D eigenvalue weighted by Gasteiger charge is -2.22. The third kappa shape index (κ3) is 5.08. The minimum atomic E-state index is -0.760. The van der Waals surface area contributed by atoms with E-state index in [1.54, 1.807) is 24.3 Å². The summed E-state index contributed by atoms with van der Waals surface area (Å²) in [7, 11) is 0. The Morgan fingerprint density at radius 1 is 0.861 bits per heavy atom. The van der Waals surface area contributed by atoms with E-state index in [-0.39, 0.29) is 5.41 Å². The fourth-order valence-electron chi connectivity index (χ4n) is 4.09. The molecule has 3 aromatic carbocycles. The normalized spacial score (nSPS) is 13.6. The zero-order chi connectivity index (χ0) is 25.1. The van der Waals surface area contributed by atoms with Gasteiger partial charge in [-0.25, -0.2) is 14.8 Å². The maximum atomic E-state index is 13.1. The summed E-state index contributed by atoms with van der Waals surface area (Å²) in [6.45, 7) is 7.52. The number of ether oxygens (including phenoxy) is 3. The van der Waals surface area contributed by atoms with E-state index in [4.69, 9.17) is 14.2 Å². The Labute approximate surface area is 210 Å². The summed E-state index contributed by atoms with van der Waals surface area (Å²) in [6, 6.07) is 24.7. The number of hydrogen-bond donors (Lipinski definition) is 0. The summed E-state index contributed by atoms with van der Waals surface area (Å²) in [5.41, 5.74) is 4.78. The van der Waals surface area contributed by atoms with Crippen molar-refractivity contribution in [2.24, 2.45) is 0 Å². The van der Waals surface area contributed by atoms with Gasteiger partial charge in [-0.2, -0.15) is 0 Å². The summed E-state index contributed by atoms with van der Waals surface area (Å²) in [6.07, 6.45) is 0.744. The molecule has 0 fully saturated rings. The van der Waals surface area contributed by atoms with Gasteiger partial charge in [0, 0.05) is 11.1 Å². The second-order valence-electron chi connectivity index (χ2n) is 9.71. The number of benzene rings is 3. The average Bonchev–Trinajstić information content (AvgIpc) is 2.91. The zero-order valence-corrected chi connectivity index (χ0v) is 20.6. The molecule has 1 aliphatic heterocycles. The predicted octanol–water partition coefficient (Wildman–Crippen LogP) is 6.16. The van der Waals surface area contributed by atoms with Crippen LogP contribution < -0.4 is 9.47 Å². The molecule has 1 aliphatic rings. The van der Waals surface area contributed by atoms with E-state index < -0.39 is 12.1 Å². The molecule has 0 N–H and O–H groups in total.